The lowest BCUT2D eigenvalue weighted by molar-refractivity contribution is 0.721. The van der Waals surface area contributed by atoms with Crippen LogP contribution in [0.3, 0.4) is 0 Å². The van der Waals surface area contributed by atoms with Gasteiger partial charge in [0.1, 0.15) is 11.6 Å². The normalized spacial score (nSPS) is 15.2. The minimum atomic E-state index is 0.822. The van der Waals surface area contributed by atoms with Crippen LogP contribution in [0.15, 0.2) is 0 Å². The Kier molecular flexibility index (Phi) is 1.69. The van der Waals surface area contributed by atoms with E-state index in [0.717, 1.165) is 30.3 Å². The Bertz CT molecular complexity index is 308. The van der Waals surface area contributed by atoms with E-state index in [0.29, 0.717) is 0 Å². The number of hydrogen-bond acceptors (Lipinski definition) is 4. The van der Waals surface area contributed by atoms with Gasteiger partial charge in [-0.3, -0.25) is 0 Å². The summed E-state index contributed by atoms with van der Waals surface area (Å²) in [5, 5.41) is 0. The van der Waals surface area contributed by atoms with Crippen LogP contribution in [0.5, 0.6) is 0 Å². The number of nitrogens with one attached hydrogen (secondary N) is 2. The fourth-order valence-electron chi connectivity index (χ4n) is 1.47. The van der Waals surface area contributed by atoms with Crippen LogP contribution in [0.1, 0.15) is 17.1 Å². The lowest BCUT2D eigenvalue weighted by atomic mass is 10.1. The van der Waals surface area contributed by atoms with E-state index >= 15 is 0 Å². The van der Waals surface area contributed by atoms with Gasteiger partial charge in [0.25, 0.3) is 0 Å². The quantitative estimate of drug-likeness (QED) is 0.588. The number of rotatable bonds is 0. The molecule has 0 fully saturated rings. The molecular weight excluding hydrogens is 152 g/mol. The van der Waals surface area contributed by atoms with E-state index in [-0.39, 0.29) is 0 Å². The molecule has 2 heterocycles. The van der Waals surface area contributed by atoms with Crippen molar-refractivity contribution in [3.8, 4) is 0 Å². The van der Waals surface area contributed by atoms with Crippen LogP contribution in [0.4, 0.5) is 5.82 Å². The summed E-state index contributed by atoms with van der Waals surface area (Å²) >= 11 is 0. The molecule has 4 heteroatoms. The number of fused-ring (bicyclic) bond motifs is 1. The van der Waals surface area contributed by atoms with Gasteiger partial charge in [-0.05, 0) is 20.3 Å². The molecule has 12 heavy (non-hydrogen) atoms. The van der Waals surface area contributed by atoms with E-state index in [1.807, 2.05) is 13.8 Å². The molecule has 1 aliphatic heterocycles. The molecule has 0 amide bonds. The summed E-state index contributed by atoms with van der Waals surface area (Å²) in [6.07, 6.45) is 1.01. The van der Waals surface area contributed by atoms with Gasteiger partial charge in [-0.2, -0.15) is 0 Å². The summed E-state index contributed by atoms with van der Waals surface area (Å²) in [5.41, 5.74) is 8.42. The summed E-state index contributed by atoms with van der Waals surface area (Å²) in [6, 6.07) is 0. The maximum Gasteiger partial charge on any atom is 0.147 e. The van der Waals surface area contributed by atoms with E-state index in [4.69, 9.17) is 0 Å². The van der Waals surface area contributed by atoms with Crippen molar-refractivity contribution in [1.29, 1.82) is 0 Å². The first-order valence-corrected chi connectivity index (χ1v) is 4.10. The van der Waals surface area contributed by atoms with Crippen LogP contribution >= 0.6 is 0 Å². The molecule has 1 aromatic heterocycles. The van der Waals surface area contributed by atoms with Crippen LogP contribution < -0.4 is 10.9 Å². The summed E-state index contributed by atoms with van der Waals surface area (Å²) in [4.78, 5) is 8.60. The van der Waals surface area contributed by atoms with Gasteiger partial charge in [-0.15, -0.1) is 0 Å². The summed E-state index contributed by atoms with van der Waals surface area (Å²) < 4.78 is 0. The van der Waals surface area contributed by atoms with Crippen molar-refractivity contribution in [2.45, 2.75) is 20.3 Å². The molecule has 2 rings (SSSR count). The zero-order chi connectivity index (χ0) is 8.55. The predicted molar refractivity (Wildman–Crippen MR) is 46.8 cm³/mol. The first kappa shape index (κ1) is 7.49. The van der Waals surface area contributed by atoms with E-state index in [1.54, 1.807) is 0 Å². The number of hydrazine groups is 1. The van der Waals surface area contributed by atoms with Gasteiger partial charge in [0, 0.05) is 17.8 Å². The van der Waals surface area contributed by atoms with Gasteiger partial charge in [0.05, 0.1) is 0 Å². The molecule has 1 aliphatic rings. The van der Waals surface area contributed by atoms with Crippen molar-refractivity contribution in [3.05, 3.63) is 17.1 Å². The van der Waals surface area contributed by atoms with Crippen LogP contribution in [-0.4, -0.2) is 16.5 Å². The summed E-state index contributed by atoms with van der Waals surface area (Å²) in [6.45, 7) is 4.88. The van der Waals surface area contributed by atoms with Crippen molar-refractivity contribution in [2.75, 3.05) is 12.0 Å². The van der Waals surface area contributed by atoms with E-state index in [9.17, 15) is 0 Å². The molecule has 0 bridgehead atoms. The van der Waals surface area contributed by atoms with Crippen LogP contribution in [0.25, 0.3) is 0 Å². The summed E-state index contributed by atoms with van der Waals surface area (Å²) in [5.74, 6) is 1.76. The number of anilines is 1. The Morgan fingerprint density at radius 1 is 1.25 bits per heavy atom. The van der Waals surface area contributed by atoms with Gasteiger partial charge in [-0.25, -0.2) is 15.4 Å². The van der Waals surface area contributed by atoms with E-state index < -0.39 is 0 Å². The molecule has 0 spiro atoms. The minimum Gasteiger partial charge on any atom is -0.305 e. The molecule has 2 N–H and O–H groups in total. The SMILES string of the molecule is Cc1nc(C)c2c(n1)NNCC2. The Labute approximate surface area is 71.4 Å². The van der Waals surface area contributed by atoms with Gasteiger partial charge >= 0.3 is 0 Å². The molecule has 0 aliphatic carbocycles. The molecular formula is C8H12N4. The third-order valence-corrected chi connectivity index (χ3v) is 2.03. The molecule has 1 aromatic rings. The van der Waals surface area contributed by atoms with Crippen LogP contribution in [0, 0.1) is 13.8 Å². The first-order chi connectivity index (χ1) is 5.77. The third-order valence-electron chi connectivity index (χ3n) is 2.03. The molecule has 0 saturated carbocycles. The molecule has 0 unspecified atom stereocenters. The molecule has 0 saturated heterocycles. The van der Waals surface area contributed by atoms with E-state index in [2.05, 4.69) is 20.8 Å². The van der Waals surface area contributed by atoms with Gasteiger partial charge in [-0.1, -0.05) is 0 Å². The highest BCUT2D eigenvalue weighted by molar-refractivity contribution is 5.47. The first-order valence-electron chi connectivity index (χ1n) is 4.10. The van der Waals surface area contributed by atoms with Gasteiger partial charge in [0.15, 0.2) is 0 Å². The number of nitrogens with zero attached hydrogens (tertiary/aromatic N) is 2. The number of aryl methyl sites for hydroxylation is 2. The molecule has 64 valence electrons. The maximum absolute atomic E-state index is 4.31. The average molecular weight is 164 g/mol. The maximum atomic E-state index is 4.31. The highest BCUT2D eigenvalue weighted by Gasteiger charge is 2.12. The Balaban J connectivity index is 2.53. The molecule has 0 atom stereocenters. The van der Waals surface area contributed by atoms with Gasteiger partial charge < -0.3 is 5.43 Å². The second kappa shape index (κ2) is 2.71. The third kappa shape index (κ3) is 1.14. The monoisotopic (exact) mass is 164 g/mol. The van der Waals surface area contributed by atoms with Crippen molar-refractivity contribution in [1.82, 2.24) is 15.4 Å². The van der Waals surface area contributed by atoms with Crippen molar-refractivity contribution < 1.29 is 0 Å². The summed E-state index contributed by atoms with van der Waals surface area (Å²) in [7, 11) is 0. The average Bonchev–Trinajstić information content (AvgIpc) is 2.04. The fraction of sp³-hybridized carbons (Fsp3) is 0.500. The fourth-order valence-corrected chi connectivity index (χ4v) is 1.47. The second-order valence-electron chi connectivity index (χ2n) is 2.99. The van der Waals surface area contributed by atoms with Crippen molar-refractivity contribution in [3.63, 3.8) is 0 Å². The zero-order valence-corrected chi connectivity index (χ0v) is 7.31. The standard InChI is InChI=1S/C8H12N4/c1-5-7-3-4-9-12-8(7)11-6(2)10-5/h9H,3-4H2,1-2H3,(H,10,11,12). The molecule has 0 aromatic carbocycles. The predicted octanol–water partition coefficient (Wildman–Crippen LogP) is 0.566. The zero-order valence-electron chi connectivity index (χ0n) is 7.31. The topological polar surface area (TPSA) is 49.8 Å². The highest BCUT2D eigenvalue weighted by Crippen LogP contribution is 2.17. The van der Waals surface area contributed by atoms with Crippen molar-refractivity contribution in [2.24, 2.45) is 0 Å². The van der Waals surface area contributed by atoms with Crippen LogP contribution in [-0.2, 0) is 6.42 Å². The highest BCUT2D eigenvalue weighted by atomic mass is 15.4. The lowest BCUT2D eigenvalue weighted by Crippen LogP contribution is -2.31. The Morgan fingerprint density at radius 2 is 2.08 bits per heavy atom. The van der Waals surface area contributed by atoms with Gasteiger partial charge in [0.2, 0.25) is 0 Å². The second-order valence-corrected chi connectivity index (χ2v) is 2.99. The molecule has 4 nitrogen and oxygen atoms in total. The smallest absolute Gasteiger partial charge is 0.147 e. The lowest BCUT2D eigenvalue weighted by Gasteiger charge is -2.19. The Hall–Kier alpha value is -1.16. The Morgan fingerprint density at radius 3 is 2.92 bits per heavy atom. The largest absolute Gasteiger partial charge is 0.305 e. The van der Waals surface area contributed by atoms with Crippen molar-refractivity contribution >= 4 is 5.82 Å². The minimum absolute atomic E-state index is 0.822. The molecule has 0 radical (unpaired) electrons. The van der Waals surface area contributed by atoms with Crippen LogP contribution in [0.2, 0.25) is 0 Å². The number of aromatic nitrogens is 2. The number of hydrogen-bond donors (Lipinski definition) is 2. The van der Waals surface area contributed by atoms with E-state index in [1.165, 1.54) is 5.56 Å².